The molecule has 0 aliphatic carbocycles. The summed E-state index contributed by atoms with van der Waals surface area (Å²) in [5.41, 5.74) is 15.3. The Morgan fingerprint density at radius 1 is 1.41 bits per heavy atom. The number of pyridine rings is 2. The number of primary amides is 1. The number of carbonyl (C=O) groups excluding carboxylic acids is 1. The van der Waals surface area contributed by atoms with Crippen LogP contribution >= 0.6 is 0 Å². The van der Waals surface area contributed by atoms with Gasteiger partial charge in [-0.2, -0.15) is 0 Å². The van der Waals surface area contributed by atoms with E-state index in [4.69, 9.17) is 11.5 Å². The molecule has 7 nitrogen and oxygen atoms in total. The van der Waals surface area contributed by atoms with E-state index in [1.54, 1.807) is 13.1 Å². The summed E-state index contributed by atoms with van der Waals surface area (Å²) >= 11 is 0. The molecule has 0 saturated carbocycles. The monoisotopic (exact) mass is 299 g/mol. The van der Waals surface area contributed by atoms with Gasteiger partial charge in [0.2, 0.25) is 0 Å². The van der Waals surface area contributed by atoms with Gasteiger partial charge in [-0.1, -0.05) is 0 Å². The topological polar surface area (TPSA) is 127 Å². The van der Waals surface area contributed by atoms with Crippen molar-refractivity contribution >= 4 is 17.3 Å². The number of aromatic nitrogens is 2. The summed E-state index contributed by atoms with van der Waals surface area (Å²) < 4.78 is 0. The Bertz CT molecular complexity index is 773. The van der Waals surface area contributed by atoms with Crippen molar-refractivity contribution in [2.75, 3.05) is 17.6 Å². The van der Waals surface area contributed by atoms with E-state index in [0.29, 0.717) is 16.7 Å². The predicted octanol–water partition coefficient (Wildman–Crippen LogP) is 1.20. The second-order valence-electron chi connectivity index (χ2n) is 5.30. The van der Waals surface area contributed by atoms with Crippen LogP contribution in [-0.2, 0) is 6.42 Å². The fraction of sp³-hybridized carbons (Fsp3) is 0.267. The lowest BCUT2D eigenvalue weighted by Gasteiger charge is -2.24. The number of aromatic hydroxyl groups is 1. The van der Waals surface area contributed by atoms with Crippen LogP contribution in [0.15, 0.2) is 12.4 Å². The maximum Gasteiger partial charge on any atom is 0.269 e. The number of aryl methyl sites for hydroxylation is 1. The summed E-state index contributed by atoms with van der Waals surface area (Å²) in [4.78, 5) is 20.0. The molecule has 1 aliphatic rings. The van der Waals surface area contributed by atoms with Gasteiger partial charge in [0.05, 0.1) is 23.3 Å². The van der Waals surface area contributed by atoms with Gasteiger partial charge in [-0.3, -0.25) is 9.78 Å². The van der Waals surface area contributed by atoms with Crippen LogP contribution < -0.4 is 16.8 Å². The Balaban J connectivity index is 2.36. The van der Waals surface area contributed by atoms with Crippen molar-refractivity contribution < 1.29 is 9.90 Å². The van der Waals surface area contributed by atoms with Gasteiger partial charge in [-0.25, -0.2) is 4.98 Å². The highest BCUT2D eigenvalue weighted by Crippen LogP contribution is 2.41. The van der Waals surface area contributed by atoms with Gasteiger partial charge in [-0.15, -0.1) is 0 Å². The van der Waals surface area contributed by atoms with E-state index in [0.717, 1.165) is 30.8 Å². The SMILES string of the molecule is Cc1c(O)cncc1-c1c(N)c(C(N)=O)nc2c1NCCC2. The molecule has 2 aromatic heterocycles. The highest BCUT2D eigenvalue weighted by Gasteiger charge is 2.25. The normalized spacial score (nSPS) is 13.3. The number of anilines is 2. The third-order valence-corrected chi connectivity index (χ3v) is 3.89. The maximum atomic E-state index is 11.6. The van der Waals surface area contributed by atoms with Gasteiger partial charge in [0.15, 0.2) is 5.69 Å². The smallest absolute Gasteiger partial charge is 0.269 e. The lowest BCUT2D eigenvalue weighted by atomic mass is 9.94. The maximum absolute atomic E-state index is 11.6. The lowest BCUT2D eigenvalue weighted by molar-refractivity contribution is 0.0996. The zero-order valence-corrected chi connectivity index (χ0v) is 12.2. The molecule has 114 valence electrons. The molecule has 1 aliphatic heterocycles. The van der Waals surface area contributed by atoms with Crippen molar-refractivity contribution in [1.82, 2.24) is 9.97 Å². The first-order chi connectivity index (χ1) is 10.5. The molecule has 0 unspecified atom stereocenters. The van der Waals surface area contributed by atoms with Crippen molar-refractivity contribution in [2.24, 2.45) is 5.73 Å². The molecule has 0 fully saturated rings. The number of nitrogens with one attached hydrogen (secondary N) is 1. The van der Waals surface area contributed by atoms with E-state index in [9.17, 15) is 9.90 Å². The van der Waals surface area contributed by atoms with Crippen LogP contribution in [0.25, 0.3) is 11.1 Å². The number of nitrogens with zero attached hydrogens (tertiary/aromatic N) is 2. The fourth-order valence-corrected chi connectivity index (χ4v) is 2.72. The number of hydrogen-bond donors (Lipinski definition) is 4. The van der Waals surface area contributed by atoms with Crippen LogP contribution in [0.4, 0.5) is 11.4 Å². The van der Waals surface area contributed by atoms with Gasteiger partial charge in [0, 0.05) is 29.4 Å². The molecular weight excluding hydrogens is 282 g/mol. The van der Waals surface area contributed by atoms with E-state index in [-0.39, 0.29) is 17.1 Å². The Hall–Kier alpha value is -2.83. The number of hydrogen-bond acceptors (Lipinski definition) is 6. The van der Waals surface area contributed by atoms with Crippen LogP contribution in [0.5, 0.6) is 5.75 Å². The molecule has 3 rings (SSSR count). The molecule has 7 heteroatoms. The minimum absolute atomic E-state index is 0.0557. The molecule has 6 N–H and O–H groups in total. The third kappa shape index (κ3) is 2.11. The largest absolute Gasteiger partial charge is 0.506 e. The first-order valence-electron chi connectivity index (χ1n) is 7.00. The number of nitrogens with two attached hydrogens (primary N) is 2. The summed E-state index contributed by atoms with van der Waals surface area (Å²) in [5.74, 6) is -0.600. The average Bonchev–Trinajstić information content (AvgIpc) is 2.50. The molecule has 22 heavy (non-hydrogen) atoms. The fourth-order valence-electron chi connectivity index (χ4n) is 2.72. The molecule has 2 aromatic rings. The zero-order chi connectivity index (χ0) is 15.9. The number of amides is 1. The Morgan fingerprint density at radius 2 is 2.18 bits per heavy atom. The first-order valence-corrected chi connectivity index (χ1v) is 7.00. The van der Waals surface area contributed by atoms with E-state index in [1.165, 1.54) is 6.20 Å². The van der Waals surface area contributed by atoms with Crippen molar-refractivity contribution in [2.45, 2.75) is 19.8 Å². The van der Waals surface area contributed by atoms with E-state index in [1.807, 2.05) is 0 Å². The Labute approximate surface area is 127 Å². The second kappa shape index (κ2) is 5.18. The molecule has 3 heterocycles. The van der Waals surface area contributed by atoms with Gasteiger partial charge >= 0.3 is 0 Å². The van der Waals surface area contributed by atoms with Crippen molar-refractivity contribution in [3.05, 3.63) is 29.3 Å². The summed E-state index contributed by atoms with van der Waals surface area (Å²) in [5, 5.41) is 13.2. The second-order valence-corrected chi connectivity index (χ2v) is 5.30. The number of carbonyl (C=O) groups is 1. The van der Waals surface area contributed by atoms with Crippen LogP contribution in [0, 0.1) is 6.92 Å². The summed E-state index contributed by atoms with van der Waals surface area (Å²) in [6.07, 6.45) is 4.63. The van der Waals surface area contributed by atoms with Crippen LogP contribution in [0.2, 0.25) is 0 Å². The molecule has 0 spiro atoms. The number of rotatable bonds is 2. The summed E-state index contributed by atoms with van der Waals surface area (Å²) in [6.45, 7) is 2.56. The van der Waals surface area contributed by atoms with Crippen molar-refractivity contribution in [1.29, 1.82) is 0 Å². The van der Waals surface area contributed by atoms with Gasteiger partial charge in [0.25, 0.3) is 5.91 Å². The highest BCUT2D eigenvalue weighted by atomic mass is 16.3. The molecule has 0 atom stereocenters. The van der Waals surface area contributed by atoms with Gasteiger partial charge < -0.3 is 21.9 Å². The standard InChI is InChI=1S/C15H17N5O2/c1-7-8(5-18-6-10(7)21)11-12(16)14(15(17)22)20-9-3-2-4-19-13(9)11/h5-6,19,21H,2-4,16H2,1H3,(H2,17,22). The Morgan fingerprint density at radius 3 is 2.91 bits per heavy atom. The molecular formula is C15H17N5O2. The van der Waals surface area contributed by atoms with Gasteiger partial charge in [0.1, 0.15) is 5.75 Å². The highest BCUT2D eigenvalue weighted by molar-refractivity contribution is 6.03. The molecule has 0 bridgehead atoms. The van der Waals surface area contributed by atoms with Gasteiger partial charge in [-0.05, 0) is 19.8 Å². The third-order valence-electron chi connectivity index (χ3n) is 3.89. The quantitative estimate of drug-likeness (QED) is 0.659. The van der Waals surface area contributed by atoms with E-state index >= 15 is 0 Å². The van der Waals surface area contributed by atoms with E-state index < -0.39 is 5.91 Å². The summed E-state index contributed by atoms with van der Waals surface area (Å²) in [7, 11) is 0. The molecule has 0 aromatic carbocycles. The Kier molecular flexibility index (Phi) is 3.32. The minimum atomic E-state index is -0.669. The van der Waals surface area contributed by atoms with Crippen LogP contribution in [-0.4, -0.2) is 27.5 Å². The van der Waals surface area contributed by atoms with E-state index in [2.05, 4.69) is 15.3 Å². The summed E-state index contributed by atoms with van der Waals surface area (Å²) in [6, 6.07) is 0. The molecule has 0 radical (unpaired) electrons. The molecule has 1 amide bonds. The predicted molar refractivity (Wildman–Crippen MR) is 83.6 cm³/mol. The molecule has 0 saturated heterocycles. The van der Waals surface area contributed by atoms with Crippen LogP contribution in [0.3, 0.4) is 0 Å². The zero-order valence-electron chi connectivity index (χ0n) is 12.2. The minimum Gasteiger partial charge on any atom is -0.506 e. The average molecular weight is 299 g/mol. The number of fused-ring (bicyclic) bond motifs is 1. The first kappa shape index (κ1) is 14.1. The van der Waals surface area contributed by atoms with Crippen LogP contribution in [0.1, 0.15) is 28.2 Å². The van der Waals surface area contributed by atoms with Crippen molar-refractivity contribution in [3.63, 3.8) is 0 Å². The number of nitrogen functional groups attached to an aromatic ring is 1. The van der Waals surface area contributed by atoms with Crippen molar-refractivity contribution in [3.8, 4) is 16.9 Å². The lowest BCUT2D eigenvalue weighted by Crippen LogP contribution is -2.22.